The standard InChI is InChI=1S/C10H14BrN3O3/c11-8-7(13-10(6-16)1-2-10)5-12-14(3-4-15)9(8)17/h5,13,15-16H,1-4,6H2. The molecule has 2 rings (SSSR count). The molecule has 0 aliphatic heterocycles. The van der Waals surface area contributed by atoms with Crippen LogP contribution in [0, 0.1) is 0 Å². The smallest absolute Gasteiger partial charge is 0.283 e. The molecule has 0 bridgehead atoms. The molecule has 6 nitrogen and oxygen atoms in total. The van der Waals surface area contributed by atoms with E-state index in [-0.39, 0.29) is 30.9 Å². The Morgan fingerprint density at radius 1 is 1.53 bits per heavy atom. The highest BCUT2D eigenvalue weighted by Crippen LogP contribution is 2.39. The van der Waals surface area contributed by atoms with Crippen molar-refractivity contribution in [1.82, 2.24) is 9.78 Å². The Bertz CT molecular complexity index is 470. The summed E-state index contributed by atoms with van der Waals surface area (Å²) in [6.45, 7) is 0.0781. The first-order valence-corrected chi connectivity index (χ1v) is 6.17. The highest BCUT2D eigenvalue weighted by molar-refractivity contribution is 9.10. The van der Waals surface area contributed by atoms with Crippen LogP contribution in [0.4, 0.5) is 5.69 Å². The van der Waals surface area contributed by atoms with Crippen molar-refractivity contribution < 1.29 is 10.2 Å². The minimum Gasteiger partial charge on any atom is -0.394 e. The van der Waals surface area contributed by atoms with Crippen LogP contribution in [0.3, 0.4) is 0 Å². The maximum Gasteiger partial charge on any atom is 0.283 e. The summed E-state index contributed by atoms with van der Waals surface area (Å²) in [6.07, 6.45) is 3.29. The zero-order valence-electron chi connectivity index (χ0n) is 9.19. The van der Waals surface area contributed by atoms with Crippen molar-refractivity contribution in [2.75, 3.05) is 18.5 Å². The van der Waals surface area contributed by atoms with Crippen LogP contribution < -0.4 is 10.9 Å². The van der Waals surface area contributed by atoms with E-state index in [4.69, 9.17) is 5.11 Å². The zero-order valence-corrected chi connectivity index (χ0v) is 10.8. The second-order valence-corrected chi connectivity index (χ2v) is 4.98. The number of aliphatic hydroxyl groups excluding tert-OH is 2. The Morgan fingerprint density at radius 2 is 2.24 bits per heavy atom. The summed E-state index contributed by atoms with van der Waals surface area (Å²) >= 11 is 3.21. The van der Waals surface area contributed by atoms with Gasteiger partial charge in [0.15, 0.2) is 0 Å². The molecule has 1 aromatic heterocycles. The molecule has 1 aromatic rings. The fraction of sp³-hybridized carbons (Fsp3) is 0.600. The lowest BCUT2D eigenvalue weighted by atomic mass is 10.3. The summed E-state index contributed by atoms with van der Waals surface area (Å²) in [4.78, 5) is 11.8. The lowest BCUT2D eigenvalue weighted by molar-refractivity contribution is 0.264. The van der Waals surface area contributed by atoms with Crippen molar-refractivity contribution in [2.45, 2.75) is 24.9 Å². The molecule has 7 heteroatoms. The van der Waals surface area contributed by atoms with E-state index in [1.165, 1.54) is 10.9 Å². The molecule has 1 fully saturated rings. The van der Waals surface area contributed by atoms with Crippen LogP contribution in [-0.2, 0) is 6.54 Å². The molecule has 0 amide bonds. The third kappa shape index (κ3) is 2.51. The monoisotopic (exact) mass is 303 g/mol. The first-order chi connectivity index (χ1) is 8.12. The molecule has 1 heterocycles. The van der Waals surface area contributed by atoms with Gasteiger partial charge in [0.05, 0.1) is 37.2 Å². The summed E-state index contributed by atoms with van der Waals surface area (Å²) in [5.74, 6) is 0. The van der Waals surface area contributed by atoms with Crippen molar-refractivity contribution in [3.63, 3.8) is 0 Å². The van der Waals surface area contributed by atoms with E-state index < -0.39 is 0 Å². The molecule has 1 saturated carbocycles. The molecular formula is C10H14BrN3O3. The van der Waals surface area contributed by atoms with E-state index in [1.807, 2.05) is 0 Å². The maximum atomic E-state index is 11.8. The average Bonchev–Trinajstić information content (AvgIpc) is 3.10. The molecule has 0 unspecified atom stereocenters. The summed E-state index contributed by atoms with van der Waals surface area (Å²) in [7, 11) is 0. The number of halogens is 1. The fourth-order valence-corrected chi connectivity index (χ4v) is 1.97. The van der Waals surface area contributed by atoms with Crippen LogP contribution in [0.25, 0.3) is 0 Å². The van der Waals surface area contributed by atoms with Crippen molar-refractivity contribution in [2.24, 2.45) is 0 Å². The molecule has 0 aromatic carbocycles. The Hall–Kier alpha value is -0.920. The number of rotatable bonds is 5. The summed E-state index contributed by atoms with van der Waals surface area (Å²) in [6, 6.07) is 0. The number of nitrogens with zero attached hydrogens (tertiary/aromatic N) is 2. The van der Waals surface area contributed by atoms with Gasteiger partial charge in [-0.3, -0.25) is 4.79 Å². The van der Waals surface area contributed by atoms with Crippen molar-refractivity contribution >= 4 is 21.6 Å². The van der Waals surface area contributed by atoms with Crippen LogP contribution in [0.5, 0.6) is 0 Å². The number of hydrogen-bond donors (Lipinski definition) is 3. The minimum absolute atomic E-state index is 0.0408. The molecule has 0 spiro atoms. The van der Waals surface area contributed by atoms with Gasteiger partial charge in [0, 0.05) is 0 Å². The van der Waals surface area contributed by atoms with Gasteiger partial charge >= 0.3 is 0 Å². The highest BCUT2D eigenvalue weighted by atomic mass is 79.9. The number of nitrogens with one attached hydrogen (secondary N) is 1. The third-order valence-corrected chi connectivity index (χ3v) is 3.62. The summed E-state index contributed by atoms with van der Waals surface area (Å²) in [5, 5.41) is 25.0. The van der Waals surface area contributed by atoms with Gasteiger partial charge in [-0.2, -0.15) is 5.10 Å². The maximum absolute atomic E-state index is 11.8. The molecule has 94 valence electrons. The van der Waals surface area contributed by atoms with Gasteiger partial charge in [0.25, 0.3) is 5.56 Å². The van der Waals surface area contributed by atoms with Crippen molar-refractivity contribution in [1.29, 1.82) is 0 Å². The molecule has 0 saturated heterocycles. The first kappa shape index (κ1) is 12.5. The van der Waals surface area contributed by atoms with Gasteiger partial charge in [0.1, 0.15) is 4.47 Å². The minimum atomic E-state index is -0.294. The first-order valence-electron chi connectivity index (χ1n) is 5.37. The topological polar surface area (TPSA) is 87.4 Å². The predicted molar refractivity (Wildman–Crippen MR) is 66.0 cm³/mol. The van der Waals surface area contributed by atoms with E-state index in [1.54, 1.807) is 0 Å². The quantitative estimate of drug-likeness (QED) is 0.709. The van der Waals surface area contributed by atoms with Crippen LogP contribution in [-0.4, -0.2) is 38.7 Å². The Morgan fingerprint density at radius 3 is 2.76 bits per heavy atom. The molecule has 1 aliphatic carbocycles. The van der Waals surface area contributed by atoms with Crippen LogP contribution in [0.2, 0.25) is 0 Å². The van der Waals surface area contributed by atoms with E-state index in [9.17, 15) is 9.90 Å². The van der Waals surface area contributed by atoms with E-state index in [0.29, 0.717) is 10.2 Å². The summed E-state index contributed by atoms with van der Waals surface area (Å²) in [5.41, 5.74) is -0.00619. The Labute approximate surface area is 106 Å². The molecule has 1 aliphatic rings. The second kappa shape index (κ2) is 4.75. The summed E-state index contributed by atoms with van der Waals surface area (Å²) < 4.78 is 1.56. The number of anilines is 1. The normalized spacial score (nSPS) is 16.9. The molecule has 0 radical (unpaired) electrons. The highest BCUT2D eigenvalue weighted by Gasteiger charge is 2.42. The van der Waals surface area contributed by atoms with E-state index in [2.05, 4.69) is 26.3 Å². The Kier molecular flexibility index (Phi) is 3.50. The van der Waals surface area contributed by atoms with Gasteiger partial charge in [-0.15, -0.1) is 0 Å². The number of aromatic nitrogens is 2. The average molecular weight is 304 g/mol. The van der Waals surface area contributed by atoms with Crippen LogP contribution in [0.15, 0.2) is 15.5 Å². The van der Waals surface area contributed by atoms with Gasteiger partial charge in [0.2, 0.25) is 0 Å². The molecule has 0 atom stereocenters. The van der Waals surface area contributed by atoms with Crippen molar-refractivity contribution in [3.05, 3.63) is 21.0 Å². The third-order valence-electron chi connectivity index (χ3n) is 2.85. The molecule has 17 heavy (non-hydrogen) atoms. The lowest BCUT2D eigenvalue weighted by Crippen LogP contribution is -2.30. The zero-order chi connectivity index (χ0) is 12.5. The number of aliphatic hydroxyl groups is 2. The lowest BCUT2D eigenvalue weighted by Gasteiger charge is -2.17. The van der Waals surface area contributed by atoms with Gasteiger partial charge in [-0.1, -0.05) is 0 Å². The van der Waals surface area contributed by atoms with Gasteiger partial charge < -0.3 is 15.5 Å². The molecule has 3 N–H and O–H groups in total. The SMILES string of the molecule is O=c1c(Br)c(NC2(CO)CC2)cnn1CCO. The predicted octanol–water partition coefficient (Wildman–Crippen LogP) is -0.0651. The van der Waals surface area contributed by atoms with Crippen molar-refractivity contribution in [3.8, 4) is 0 Å². The van der Waals surface area contributed by atoms with Gasteiger partial charge in [-0.05, 0) is 28.8 Å². The second-order valence-electron chi connectivity index (χ2n) is 4.19. The number of hydrogen-bond acceptors (Lipinski definition) is 5. The van der Waals surface area contributed by atoms with E-state index in [0.717, 1.165) is 12.8 Å². The molecular weight excluding hydrogens is 290 g/mol. The van der Waals surface area contributed by atoms with Gasteiger partial charge in [-0.25, -0.2) is 4.68 Å². The van der Waals surface area contributed by atoms with Crippen LogP contribution in [0.1, 0.15) is 12.8 Å². The van der Waals surface area contributed by atoms with Crippen LogP contribution >= 0.6 is 15.9 Å². The largest absolute Gasteiger partial charge is 0.394 e. The Balaban J connectivity index is 2.25. The van der Waals surface area contributed by atoms with E-state index >= 15 is 0 Å². The fourth-order valence-electron chi connectivity index (χ4n) is 1.57.